The number of aliphatic hydroxyl groups is 5. The number of carbonyl (C=O) groups is 2. The molecule has 296 valence electrons. The smallest absolute Gasteiger partial charge is 0.473 e. The molecule has 14 N–H and O–H groups in total. The molecule has 0 aliphatic carbocycles. The highest BCUT2D eigenvalue weighted by Crippen LogP contribution is 2.46. The van der Waals surface area contributed by atoms with Crippen molar-refractivity contribution in [2.24, 2.45) is 0 Å². The molecule has 4 rings (SSSR count). The van der Waals surface area contributed by atoms with Crippen LogP contribution in [0.15, 0.2) is 29.1 Å². The van der Waals surface area contributed by atoms with E-state index in [1.165, 1.54) is 0 Å². The van der Waals surface area contributed by atoms with Crippen molar-refractivity contribution in [1.82, 2.24) is 9.97 Å². The van der Waals surface area contributed by atoms with Crippen molar-refractivity contribution in [2.45, 2.75) is 100 Å². The highest BCUT2D eigenvalue weighted by atomic mass is 31.2. The van der Waals surface area contributed by atoms with Crippen molar-refractivity contribution in [3.63, 3.8) is 0 Å². The number of nitrogens with one attached hydrogen (secondary N) is 4. The van der Waals surface area contributed by atoms with Crippen LogP contribution in [0.1, 0.15) is 32.3 Å². The Balaban J connectivity index is 1.22. The molecule has 23 heteroatoms. The standard InChI is InChI=1S/C30H45N6O16P/c1-12(21-13(2)33-26-22(34-21)27(44)36-30(31)35-26)32-15-5-3-14(4-6-15)9-16(37)23(41)17(38)10-49-29-25(43)24(42)19(51-29)11-50-53(47,48)52-18(28(45)46)7-8-20(39)40/h3-6,12-13,16-19,21,23-25,29,32,34,37-38,41-43H,7-11H2,1-2H3,(H,39,40)(H,45,46)(H,47,48)(H4,31,33,35,36,44)/t12-,13+,16+,17+,18?,19-,21+,23+,24-,25-,29+/m1/s1. The van der Waals surface area contributed by atoms with Crippen molar-refractivity contribution in [2.75, 3.05) is 34.9 Å². The summed E-state index contributed by atoms with van der Waals surface area (Å²) in [6.45, 7) is 2.27. The van der Waals surface area contributed by atoms with Gasteiger partial charge in [0.1, 0.15) is 36.2 Å². The molecule has 2 aliphatic heterocycles. The van der Waals surface area contributed by atoms with Gasteiger partial charge in [-0.05, 0) is 38.0 Å². The van der Waals surface area contributed by atoms with Crippen LogP contribution in [0.25, 0.3) is 0 Å². The Morgan fingerprint density at radius 3 is 2.42 bits per heavy atom. The summed E-state index contributed by atoms with van der Waals surface area (Å²) in [4.78, 5) is 50.8. The van der Waals surface area contributed by atoms with E-state index in [4.69, 9.17) is 25.4 Å². The third-order valence-corrected chi connectivity index (χ3v) is 9.58. The molecule has 1 aromatic heterocycles. The van der Waals surface area contributed by atoms with Gasteiger partial charge in [-0.15, -0.1) is 0 Å². The molecular weight excluding hydrogens is 731 g/mol. The van der Waals surface area contributed by atoms with Crippen LogP contribution >= 0.6 is 7.82 Å². The van der Waals surface area contributed by atoms with E-state index in [1.807, 2.05) is 13.8 Å². The number of aliphatic carboxylic acids is 2. The maximum Gasteiger partial charge on any atom is 0.473 e. The Morgan fingerprint density at radius 2 is 1.77 bits per heavy atom. The first-order chi connectivity index (χ1) is 24.8. The van der Waals surface area contributed by atoms with Crippen LogP contribution in [0.3, 0.4) is 0 Å². The van der Waals surface area contributed by atoms with Crippen LogP contribution in [0.2, 0.25) is 0 Å². The highest BCUT2D eigenvalue weighted by Gasteiger charge is 2.45. The van der Waals surface area contributed by atoms with Gasteiger partial charge in [0.2, 0.25) is 5.95 Å². The zero-order chi connectivity index (χ0) is 39.2. The third-order valence-electron chi connectivity index (χ3n) is 8.58. The first kappa shape index (κ1) is 41.8. The number of fused-ring (bicyclic) bond motifs is 1. The number of carboxylic acid groups (broad SMARTS) is 2. The SMILES string of the molecule is C[C@@H]1Nc2nc(N)[nH]c(=O)c2N[C@H]1[C@@H](C)Nc1ccc(C[C@H](O)[C@H](O)[C@@H](O)CO[C@H]2O[C@H](COP(=O)(O)OC(CCC(=O)O)C(=O)O)[C@@H](O)[C@H]2O)cc1. The lowest BCUT2D eigenvalue weighted by Gasteiger charge is -2.37. The number of nitrogen functional groups attached to an aromatic ring is 1. The number of nitrogens with zero attached hydrogens (tertiary/aromatic N) is 1. The second-order valence-corrected chi connectivity index (χ2v) is 14.1. The van der Waals surface area contributed by atoms with Crippen molar-refractivity contribution in [3.05, 3.63) is 40.2 Å². The summed E-state index contributed by atoms with van der Waals surface area (Å²) in [5.74, 6) is -2.72. The van der Waals surface area contributed by atoms with Crippen LogP contribution in [-0.4, -0.2) is 143 Å². The molecule has 2 unspecified atom stereocenters. The van der Waals surface area contributed by atoms with E-state index in [2.05, 4.69) is 35.0 Å². The van der Waals surface area contributed by atoms with E-state index in [9.17, 15) is 49.4 Å². The highest BCUT2D eigenvalue weighted by molar-refractivity contribution is 7.47. The van der Waals surface area contributed by atoms with Crippen LogP contribution in [0.5, 0.6) is 0 Å². The van der Waals surface area contributed by atoms with E-state index in [-0.39, 0.29) is 36.2 Å². The summed E-state index contributed by atoms with van der Waals surface area (Å²) in [6, 6.07) is 6.40. The number of ether oxygens (including phenoxy) is 2. The van der Waals surface area contributed by atoms with Gasteiger partial charge in [0.05, 0.1) is 25.4 Å². The van der Waals surface area contributed by atoms with Crippen LogP contribution < -0.4 is 27.2 Å². The average Bonchev–Trinajstić information content (AvgIpc) is 3.35. The number of anilines is 4. The first-order valence-electron chi connectivity index (χ1n) is 16.4. The predicted octanol–water partition coefficient (Wildman–Crippen LogP) is -2.01. The van der Waals surface area contributed by atoms with Crippen molar-refractivity contribution in [1.29, 1.82) is 0 Å². The number of phosphoric ester groups is 1. The zero-order valence-electron chi connectivity index (χ0n) is 28.5. The molecule has 1 aromatic carbocycles. The summed E-state index contributed by atoms with van der Waals surface area (Å²) in [5.41, 5.74) is 6.85. The lowest BCUT2D eigenvalue weighted by atomic mass is 9.98. The fraction of sp³-hybridized carbons (Fsp3) is 0.600. The number of aliphatic hydroxyl groups excluding tert-OH is 5. The summed E-state index contributed by atoms with van der Waals surface area (Å²) in [7, 11) is -5.11. The van der Waals surface area contributed by atoms with Crippen molar-refractivity contribution >= 4 is 42.9 Å². The number of rotatable bonds is 19. The maximum atomic E-state index is 12.4. The number of hydrogen-bond donors (Lipinski definition) is 13. The van der Waals surface area contributed by atoms with Gasteiger partial charge in [0.15, 0.2) is 18.2 Å². The minimum atomic E-state index is -5.11. The van der Waals surface area contributed by atoms with E-state index in [1.54, 1.807) is 24.3 Å². The third kappa shape index (κ3) is 11.3. The summed E-state index contributed by atoms with van der Waals surface area (Å²) in [5, 5.41) is 79.7. The van der Waals surface area contributed by atoms with Gasteiger partial charge in [-0.25, -0.2) is 9.36 Å². The van der Waals surface area contributed by atoms with Crippen LogP contribution in [0, 0.1) is 0 Å². The monoisotopic (exact) mass is 776 g/mol. The number of aromatic nitrogens is 2. The summed E-state index contributed by atoms with van der Waals surface area (Å²) < 4.78 is 32.0. The largest absolute Gasteiger partial charge is 0.481 e. The molecule has 0 spiro atoms. The summed E-state index contributed by atoms with van der Waals surface area (Å²) in [6.07, 6.45) is -14.9. The van der Waals surface area contributed by atoms with Gasteiger partial charge in [-0.1, -0.05) is 12.1 Å². The number of aromatic amines is 1. The molecule has 0 bridgehead atoms. The molecule has 3 heterocycles. The van der Waals surface area contributed by atoms with Gasteiger partial charge in [-0.2, -0.15) is 4.98 Å². The Hall–Kier alpha value is -3.93. The molecule has 0 amide bonds. The quantitative estimate of drug-likeness (QED) is 0.0685. The first-order valence-corrected chi connectivity index (χ1v) is 17.9. The van der Waals surface area contributed by atoms with Gasteiger partial charge < -0.3 is 71.8 Å². The fourth-order valence-corrected chi connectivity index (χ4v) is 6.62. The lowest BCUT2D eigenvalue weighted by Crippen LogP contribution is -2.51. The Morgan fingerprint density at radius 1 is 1.09 bits per heavy atom. The molecule has 1 fully saturated rings. The molecule has 53 heavy (non-hydrogen) atoms. The Bertz CT molecular complexity index is 1670. The summed E-state index contributed by atoms with van der Waals surface area (Å²) >= 11 is 0. The van der Waals surface area contributed by atoms with Crippen molar-refractivity contribution < 1.29 is 73.3 Å². The molecule has 0 saturated carbocycles. The van der Waals surface area contributed by atoms with Crippen molar-refractivity contribution in [3.8, 4) is 0 Å². The lowest BCUT2D eigenvalue weighted by molar-refractivity contribution is -0.192. The second-order valence-electron chi connectivity index (χ2n) is 12.7. The Kier molecular flexibility index (Phi) is 14.1. The van der Waals surface area contributed by atoms with Gasteiger partial charge in [0.25, 0.3) is 5.56 Å². The average molecular weight is 777 g/mol. The van der Waals surface area contributed by atoms with E-state index >= 15 is 0 Å². The van der Waals surface area contributed by atoms with Gasteiger partial charge in [-0.3, -0.25) is 23.6 Å². The normalized spacial score (nSPS) is 26.5. The predicted molar refractivity (Wildman–Crippen MR) is 183 cm³/mol. The number of nitrogens with two attached hydrogens (primary N) is 1. The van der Waals surface area contributed by atoms with E-state index in [0.29, 0.717) is 11.4 Å². The topological polar surface area (TPSA) is 358 Å². The number of H-pyrrole nitrogens is 1. The van der Waals surface area contributed by atoms with Gasteiger partial charge >= 0.3 is 19.8 Å². The molecule has 0 radical (unpaired) electrons. The minimum Gasteiger partial charge on any atom is -0.481 e. The molecule has 12 atom stereocenters. The Labute approximate surface area is 301 Å². The minimum absolute atomic E-state index is 0.000402. The fourth-order valence-electron chi connectivity index (χ4n) is 5.71. The molecule has 22 nitrogen and oxygen atoms in total. The molecule has 2 aromatic rings. The maximum absolute atomic E-state index is 12.4. The molecule has 1 saturated heterocycles. The second kappa shape index (κ2) is 17.9. The van der Waals surface area contributed by atoms with Crippen LogP contribution in [-0.2, 0) is 39.1 Å². The van der Waals surface area contributed by atoms with Crippen LogP contribution in [0.4, 0.5) is 23.1 Å². The zero-order valence-corrected chi connectivity index (χ0v) is 29.4. The van der Waals surface area contributed by atoms with Gasteiger partial charge in [0, 0.05) is 30.6 Å². The number of carboxylic acids is 2. The number of hydrogen-bond acceptors (Lipinski definition) is 18. The number of phosphoric acid groups is 1. The molecule has 2 aliphatic rings. The van der Waals surface area contributed by atoms with E-state index in [0.717, 1.165) is 5.69 Å². The van der Waals surface area contributed by atoms with E-state index < -0.39 is 100 Å². The number of benzene rings is 1. The molecular formula is C30H45N6O16P.